The van der Waals surface area contributed by atoms with E-state index < -0.39 is 0 Å². The normalized spacial score (nSPS) is 29.5. The molecule has 0 aromatic rings. The Bertz CT molecular complexity index is 250. The van der Waals surface area contributed by atoms with Gasteiger partial charge in [-0.15, -0.1) is 0 Å². The van der Waals surface area contributed by atoms with Gasteiger partial charge in [0, 0.05) is 31.7 Å². The van der Waals surface area contributed by atoms with Gasteiger partial charge >= 0.3 is 0 Å². The number of hydrogen-bond acceptors (Lipinski definition) is 3. The average molecular weight is 267 g/mol. The van der Waals surface area contributed by atoms with E-state index in [2.05, 4.69) is 23.6 Å². The van der Waals surface area contributed by atoms with Crippen LogP contribution in [-0.4, -0.2) is 54.6 Å². The van der Waals surface area contributed by atoms with Gasteiger partial charge in [0.15, 0.2) is 0 Å². The van der Waals surface area contributed by atoms with Gasteiger partial charge in [0.25, 0.3) is 0 Å². The van der Waals surface area contributed by atoms with Gasteiger partial charge in [0.1, 0.15) is 0 Å². The second-order valence-electron chi connectivity index (χ2n) is 6.60. The van der Waals surface area contributed by atoms with Crippen LogP contribution in [0.1, 0.15) is 52.4 Å². The predicted octanol–water partition coefficient (Wildman–Crippen LogP) is 2.31. The average Bonchev–Trinajstić information content (AvgIpc) is 2.90. The van der Waals surface area contributed by atoms with Crippen molar-refractivity contribution in [3.05, 3.63) is 0 Å². The van der Waals surface area contributed by atoms with Gasteiger partial charge in [-0.3, -0.25) is 9.80 Å². The molecule has 0 aromatic heterocycles. The molecule has 3 atom stereocenters. The van der Waals surface area contributed by atoms with Crippen LogP contribution < -0.4 is 5.73 Å². The van der Waals surface area contributed by atoms with Crippen LogP contribution in [0.3, 0.4) is 0 Å². The Morgan fingerprint density at radius 1 is 1.16 bits per heavy atom. The largest absolute Gasteiger partial charge is 0.329 e. The second-order valence-corrected chi connectivity index (χ2v) is 6.60. The Morgan fingerprint density at radius 2 is 1.89 bits per heavy atom. The molecule has 2 N–H and O–H groups in total. The molecular formula is C16H33N3. The lowest BCUT2D eigenvalue weighted by atomic mass is 9.96. The summed E-state index contributed by atoms with van der Waals surface area (Å²) in [5, 5.41) is 0. The number of nitrogens with zero attached hydrogens (tertiary/aromatic N) is 2. The quantitative estimate of drug-likeness (QED) is 0.801. The fourth-order valence-electron chi connectivity index (χ4n) is 4.04. The Hall–Kier alpha value is -0.120. The lowest BCUT2D eigenvalue weighted by Crippen LogP contribution is -2.46. The predicted molar refractivity (Wildman–Crippen MR) is 82.3 cm³/mol. The summed E-state index contributed by atoms with van der Waals surface area (Å²) in [5.74, 6) is 0.745. The summed E-state index contributed by atoms with van der Waals surface area (Å²) in [6, 6.07) is 1.41. The minimum atomic E-state index is 0.606. The van der Waals surface area contributed by atoms with E-state index in [4.69, 9.17) is 5.73 Å². The van der Waals surface area contributed by atoms with Crippen LogP contribution in [-0.2, 0) is 0 Å². The Morgan fingerprint density at radius 3 is 2.53 bits per heavy atom. The number of piperidine rings is 1. The van der Waals surface area contributed by atoms with Crippen molar-refractivity contribution < 1.29 is 0 Å². The molecule has 3 heteroatoms. The first-order valence-electron chi connectivity index (χ1n) is 8.44. The SMILES string of the molecule is CCCC(C)C(CN)N1CCC(N2CCCCC2)C1. The molecule has 0 saturated carbocycles. The number of nitrogens with two attached hydrogens (primary N) is 1. The fraction of sp³-hybridized carbons (Fsp3) is 1.00. The van der Waals surface area contributed by atoms with Crippen LogP contribution in [0.2, 0.25) is 0 Å². The first-order valence-corrected chi connectivity index (χ1v) is 8.44. The molecular weight excluding hydrogens is 234 g/mol. The highest BCUT2D eigenvalue weighted by Crippen LogP contribution is 2.25. The lowest BCUT2D eigenvalue weighted by Gasteiger charge is -2.35. The van der Waals surface area contributed by atoms with E-state index >= 15 is 0 Å². The van der Waals surface area contributed by atoms with E-state index in [1.807, 2.05) is 0 Å². The monoisotopic (exact) mass is 267 g/mol. The van der Waals surface area contributed by atoms with E-state index in [0.717, 1.165) is 18.5 Å². The van der Waals surface area contributed by atoms with Crippen LogP contribution in [0.15, 0.2) is 0 Å². The Labute approximate surface area is 119 Å². The molecule has 19 heavy (non-hydrogen) atoms. The third kappa shape index (κ3) is 3.93. The molecule has 0 radical (unpaired) electrons. The summed E-state index contributed by atoms with van der Waals surface area (Å²) in [4.78, 5) is 5.42. The zero-order chi connectivity index (χ0) is 13.7. The topological polar surface area (TPSA) is 32.5 Å². The Balaban J connectivity index is 1.85. The number of likely N-dealkylation sites (tertiary alicyclic amines) is 2. The maximum absolute atomic E-state index is 6.05. The van der Waals surface area contributed by atoms with E-state index in [1.165, 1.54) is 64.7 Å². The van der Waals surface area contributed by atoms with E-state index in [-0.39, 0.29) is 0 Å². The number of rotatable bonds is 6. The summed E-state index contributed by atoms with van der Waals surface area (Å²) in [6.45, 7) is 10.7. The van der Waals surface area contributed by atoms with Crippen LogP contribution in [0, 0.1) is 5.92 Å². The molecule has 0 spiro atoms. The highest BCUT2D eigenvalue weighted by atomic mass is 15.3. The molecule has 0 amide bonds. The fourth-order valence-corrected chi connectivity index (χ4v) is 4.04. The lowest BCUT2D eigenvalue weighted by molar-refractivity contribution is 0.136. The van der Waals surface area contributed by atoms with Crippen molar-refractivity contribution in [2.75, 3.05) is 32.7 Å². The highest BCUT2D eigenvalue weighted by Gasteiger charge is 2.33. The summed E-state index contributed by atoms with van der Waals surface area (Å²) >= 11 is 0. The molecule has 3 nitrogen and oxygen atoms in total. The van der Waals surface area contributed by atoms with Crippen LogP contribution >= 0.6 is 0 Å². The van der Waals surface area contributed by atoms with Crippen molar-refractivity contribution in [1.29, 1.82) is 0 Å². The molecule has 2 rings (SSSR count). The van der Waals surface area contributed by atoms with Gasteiger partial charge in [-0.2, -0.15) is 0 Å². The molecule has 2 saturated heterocycles. The smallest absolute Gasteiger partial charge is 0.0244 e. The van der Waals surface area contributed by atoms with Gasteiger partial charge in [0.2, 0.25) is 0 Å². The molecule has 3 unspecified atom stereocenters. The van der Waals surface area contributed by atoms with E-state index in [1.54, 1.807) is 0 Å². The van der Waals surface area contributed by atoms with Crippen LogP contribution in [0.25, 0.3) is 0 Å². The summed E-state index contributed by atoms with van der Waals surface area (Å²) in [5.41, 5.74) is 6.05. The minimum absolute atomic E-state index is 0.606. The third-order valence-corrected chi connectivity index (χ3v) is 5.21. The molecule has 2 aliphatic heterocycles. The summed E-state index contributed by atoms with van der Waals surface area (Å²) in [6.07, 6.45) is 8.20. The zero-order valence-corrected chi connectivity index (χ0v) is 13.0. The first-order chi connectivity index (χ1) is 9.26. The van der Waals surface area contributed by atoms with Crippen molar-refractivity contribution in [2.24, 2.45) is 11.7 Å². The van der Waals surface area contributed by atoms with Crippen molar-refractivity contribution in [3.8, 4) is 0 Å². The molecule has 2 aliphatic rings. The van der Waals surface area contributed by atoms with Crippen molar-refractivity contribution in [3.63, 3.8) is 0 Å². The van der Waals surface area contributed by atoms with Gasteiger partial charge in [-0.1, -0.05) is 26.7 Å². The first kappa shape index (κ1) is 15.3. The van der Waals surface area contributed by atoms with Crippen LogP contribution in [0.4, 0.5) is 0 Å². The third-order valence-electron chi connectivity index (χ3n) is 5.21. The van der Waals surface area contributed by atoms with Crippen molar-refractivity contribution in [1.82, 2.24) is 9.80 Å². The maximum atomic E-state index is 6.05. The molecule has 0 bridgehead atoms. The van der Waals surface area contributed by atoms with Gasteiger partial charge in [-0.25, -0.2) is 0 Å². The highest BCUT2D eigenvalue weighted by molar-refractivity contribution is 4.89. The molecule has 0 aromatic carbocycles. The Kier molecular flexibility index (Phi) is 6.11. The second kappa shape index (κ2) is 7.61. The summed E-state index contributed by atoms with van der Waals surface area (Å²) in [7, 11) is 0. The van der Waals surface area contributed by atoms with Gasteiger partial charge in [0.05, 0.1) is 0 Å². The molecule has 0 aliphatic carbocycles. The molecule has 2 fully saturated rings. The van der Waals surface area contributed by atoms with Gasteiger partial charge < -0.3 is 5.73 Å². The minimum Gasteiger partial charge on any atom is -0.329 e. The van der Waals surface area contributed by atoms with Gasteiger partial charge in [-0.05, 0) is 44.7 Å². The van der Waals surface area contributed by atoms with Crippen LogP contribution in [0.5, 0.6) is 0 Å². The van der Waals surface area contributed by atoms with Crippen molar-refractivity contribution >= 4 is 0 Å². The summed E-state index contributed by atoms with van der Waals surface area (Å²) < 4.78 is 0. The van der Waals surface area contributed by atoms with E-state index in [0.29, 0.717) is 6.04 Å². The molecule has 112 valence electrons. The zero-order valence-electron chi connectivity index (χ0n) is 13.0. The molecule has 2 heterocycles. The number of hydrogen-bond donors (Lipinski definition) is 1. The maximum Gasteiger partial charge on any atom is 0.0244 e. The standard InChI is InChI=1S/C16H33N3/c1-3-7-14(2)16(12-17)19-11-8-15(13-19)18-9-5-4-6-10-18/h14-16H,3-13,17H2,1-2H3. The van der Waals surface area contributed by atoms with Crippen molar-refractivity contribution in [2.45, 2.75) is 64.5 Å². The van der Waals surface area contributed by atoms with E-state index in [9.17, 15) is 0 Å².